The zero-order valence-electron chi connectivity index (χ0n) is 31.3. The van der Waals surface area contributed by atoms with Crippen LogP contribution in [0.3, 0.4) is 0 Å². The summed E-state index contributed by atoms with van der Waals surface area (Å²) in [6.45, 7) is 7.26. The lowest BCUT2D eigenvalue weighted by Crippen LogP contribution is -2.43. The van der Waals surface area contributed by atoms with Gasteiger partial charge in [0, 0.05) is 91.8 Å². The molecule has 8 heterocycles. The van der Waals surface area contributed by atoms with Gasteiger partial charge in [-0.15, -0.1) is 22.7 Å². The Morgan fingerprint density at radius 2 is 1.21 bits per heavy atom. The minimum absolute atomic E-state index is 0.229. The van der Waals surface area contributed by atoms with Crippen LogP contribution >= 0.6 is 22.7 Å². The average Bonchev–Trinajstić information content (AvgIpc) is 4.11. The summed E-state index contributed by atoms with van der Waals surface area (Å²) in [5.41, 5.74) is 6.90. The number of hydrogen-bond acceptors (Lipinski definition) is 13. The molecule has 0 radical (unpaired) electrons. The lowest BCUT2D eigenvalue weighted by molar-refractivity contribution is 0.101. The maximum atomic E-state index is 12.8. The maximum absolute atomic E-state index is 12.8. The number of benzene rings is 2. The van der Waals surface area contributed by atoms with E-state index < -0.39 is 0 Å². The first-order chi connectivity index (χ1) is 28.6. The van der Waals surface area contributed by atoms with Crippen LogP contribution in [0.25, 0.3) is 43.3 Å². The van der Waals surface area contributed by atoms with Gasteiger partial charge in [0.15, 0.2) is 10.8 Å². The number of amides is 2. The fraction of sp³-hybridized carbons (Fsp3) is 0.190. The van der Waals surface area contributed by atoms with Gasteiger partial charge < -0.3 is 40.5 Å². The van der Waals surface area contributed by atoms with Crippen LogP contribution in [0.1, 0.15) is 21.0 Å². The van der Waals surface area contributed by atoms with Gasteiger partial charge in [-0.25, -0.2) is 9.97 Å². The lowest BCUT2D eigenvalue weighted by atomic mass is 10.2. The highest BCUT2D eigenvalue weighted by molar-refractivity contribution is 7.13. The Kier molecular flexibility index (Phi) is 10.9. The number of nitrogens with zero attached hydrogens (tertiary/aromatic N) is 6. The van der Waals surface area contributed by atoms with Gasteiger partial charge in [-0.3, -0.25) is 19.6 Å². The fourth-order valence-corrected chi connectivity index (χ4v) is 8.49. The van der Waals surface area contributed by atoms with Gasteiger partial charge in [0.2, 0.25) is 0 Å². The van der Waals surface area contributed by atoms with Crippen LogP contribution in [0, 0.1) is 0 Å². The number of thiazole rings is 2. The average molecular weight is 810 g/mol. The molecular weight excluding hydrogens is 771 g/mol. The van der Waals surface area contributed by atoms with Gasteiger partial charge in [-0.1, -0.05) is 36.4 Å². The van der Waals surface area contributed by atoms with Crippen molar-refractivity contribution in [1.82, 2.24) is 35.6 Å². The van der Waals surface area contributed by atoms with Crippen LogP contribution in [-0.2, 0) is 0 Å². The summed E-state index contributed by atoms with van der Waals surface area (Å²) in [6, 6.07) is 23.8. The van der Waals surface area contributed by atoms with E-state index in [0.717, 1.165) is 96.3 Å². The molecule has 292 valence electrons. The van der Waals surface area contributed by atoms with Gasteiger partial charge in [-0.05, 0) is 36.4 Å². The van der Waals surface area contributed by atoms with Crippen LogP contribution in [0.4, 0.5) is 22.7 Å². The Morgan fingerprint density at radius 3 is 1.81 bits per heavy atom. The first kappa shape index (κ1) is 37.1. The smallest absolute Gasteiger partial charge is 0.275 e. The number of rotatable bonds is 8. The van der Waals surface area contributed by atoms with E-state index in [1.54, 1.807) is 35.5 Å². The first-order valence-corrected chi connectivity index (χ1v) is 20.7. The molecule has 2 aromatic carbocycles. The summed E-state index contributed by atoms with van der Waals surface area (Å²) in [5, 5.41) is 19.8. The molecule has 2 saturated heterocycles. The van der Waals surface area contributed by atoms with Gasteiger partial charge in [0.05, 0.1) is 40.8 Å². The van der Waals surface area contributed by atoms with Crippen molar-refractivity contribution in [2.75, 3.05) is 72.8 Å². The second-order valence-electron chi connectivity index (χ2n) is 13.7. The lowest BCUT2D eigenvalue weighted by Gasteiger charge is -2.30. The molecule has 8 aromatic rings. The summed E-state index contributed by atoms with van der Waals surface area (Å²) < 4.78 is 5.86. The highest BCUT2D eigenvalue weighted by Gasteiger charge is 2.21. The molecule has 6 aromatic heterocycles. The molecule has 0 saturated carbocycles. The number of carbonyl (C=O) groups is 2. The first-order valence-electron chi connectivity index (χ1n) is 19.0. The molecule has 0 bridgehead atoms. The van der Waals surface area contributed by atoms with Crippen molar-refractivity contribution in [2.24, 2.45) is 0 Å². The molecule has 58 heavy (non-hydrogen) atoms. The van der Waals surface area contributed by atoms with Crippen molar-refractivity contribution in [2.45, 2.75) is 0 Å². The Bertz CT molecular complexity index is 2440. The SMILES string of the molecule is O=C(Nc1cnccc1N1CCNCC1)c1csc(-c2cc3ccccc3[nH]2)n1.O=C(Nc1cnccc1N1CCNCC1)c1csc(-c2cc3ccccc3o2)n1. The Morgan fingerprint density at radius 1 is 0.655 bits per heavy atom. The summed E-state index contributed by atoms with van der Waals surface area (Å²) in [6.07, 6.45) is 6.88. The largest absolute Gasteiger partial charge is 0.454 e. The van der Waals surface area contributed by atoms with Crippen LogP contribution in [-0.4, -0.2) is 89.1 Å². The van der Waals surface area contributed by atoms with Gasteiger partial charge >= 0.3 is 0 Å². The van der Waals surface area contributed by atoms with Crippen molar-refractivity contribution in [3.8, 4) is 21.5 Å². The molecule has 0 aliphatic carbocycles. The quantitative estimate of drug-likeness (QED) is 0.108. The van der Waals surface area contributed by atoms with Crippen LogP contribution in [0.2, 0.25) is 0 Å². The number of furan rings is 1. The normalized spacial score (nSPS) is 14.3. The number of H-pyrrole nitrogens is 1. The third kappa shape index (κ3) is 8.17. The number of aromatic amines is 1. The predicted octanol–water partition coefficient (Wildman–Crippen LogP) is 6.96. The van der Waals surface area contributed by atoms with Gasteiger partial charge in [0.1, 0.15) is 22.0 Å². The third-order valence-electron chi connectivity index (χ3n) is 9.88. The molecule has 5 N–H and O–H groups in total. The van der Waals surface area contributed by atoms with Crippen LogP contribution in [0.5, 0.6) is 0 Å². The van der Waals surface area contributed by atoms with Crippen molar-refractivity contribution >= 4 is 79.1 Å². The van der Waals surface area contributed by atoms with E-state index in [2.05, 4.69) is 68.1 Å². The summed E-state index contributed by atoms with van der Waals surface area (Å²) in [5.74, 6) is 0.180. The second kappa shape index (κ2) is 17.0. The molecule has 16 heteroatoms. The number of nitrogens with one attached hydrogen (secondary N) is 5. The Labute approximate surface area is 341 Å². The number of pyridine rings is 2. The van der Waals surface area contributed by atoms with Crippen LogP contribution < -0.4 is 31.1 Å². The molecule has 14 nitrogen and oxygen atoms in total. The number of anilines is 4. The number of piperazine rings is 2. The molecule has 10 rings (SSSR count). The third-order valence-corrected chi connectivity index (χ3v) is 11.6. The zero-order valence-corrected chi connectivity index (χ0v) is 32.9. The van der Waals surface area contributed by atoms with Gasteiger partial charge in [0.25, 0.3) is 11.8 Å². The molecule has 0 spiro atoms. The molecule has 2 fully saturated rings. The maximum Gasteiger partial charge on any atom is 0.275 e. The molecule has 2 amide bonds. The number of hydrogen-bond donors (Lipinski definition) is 5. The van der Waals surface area contributed by atoms with E-state index in [9.17, 15) is 9.59 Å². The van der Waals surface area contributed by atoms with Crippen molar-refractivity contribution < 1.29 is 14.0 Å². The van der Waals surface area contributed by atoms with E-state index in [1.807, 2.05) is 60.7 Å². The monoisotopic (exact) mass is 809 g/mol. The molecule has 2 aliphatic rings. The Balaban J connectivity index is 0.000000150. The highest BCUT2D eigenvalue weighted by Crippen LogP contribution is 2.32. The van der Waals surface area contributed by atoms with E-state index in [0.29, 0.717) is 33.5 Å². The van der Waals surface area contributed by atoms with Crippen molar-refractivity contribution in [3.05, 3.63) is 120 Å². The summed E-state index contributed by atoms with van der Waals surface area (Å²) in [7, 11) is 0. The van der Waals surface area contributed by atoms with Crippen molar-refractivity contribution in [3.63, 3.8) is 0 Å². The standard InChI is InChI=1S/C21H20N6OS.C21H19N5O2S/c28-20(25-17-12-23-6-5-19(17)27-9-7-22-8-10-27)18-13-29-21(26-18)16-11-14-3-1-2-4-15(14)24-16;27-20(24-15-12-23-6-5-17(15)26-9-7-22-8-10-26)16-13-29-21(25-16)19-11-14-3-1-2-4-18(14)28-19/h1-6,11-13,22,24H,7-10H2,(H,25,28);1-6,11-13,22H,7-10H2,(H,24,27). The fourth-order valence-electron chi connectivity index (χ4n) is 6.97. The topological polar surface area (TPSA) is 169 Å². The molecule has 0 unspecified atom stereocenters. The predicted molar refractivity (Wildman–Crippen MR) is 231 cm³/mol. The number of carbonyl (C=O) groups excluding carboxylic acids is 2. The summed E-state index contributed by atoms with van der Waals surface area (Å²) in [4.78, 5) is 50.9. The van der Waals surface area contributed by atoms with E-state index in [-0.39, 0.29) is 11.8 Å². The Hall–Kier alpha value is -6.46. The summed E-state index contributed by atoms with van der Waals surface area (Å²) >= 11 is 2.84. The number of para-hydroxylation sites is 2. The number of fused-ring (bicyclic) bond motifs is 2. The minimum atomic E-state index is -0.256. The molecular formula is C42H39N11O3S2. The van der Waals surface area contributed by atoms with E-state index >= 15 is 0 Å². The zero-order chi connectivity index (χ0) is 39.3. The van der Waals surface area contributed by atoms with Gasteiger partial charge in [-0.2, -0.15) is 0 Å². The molecule has 0 atom stereocenters. The van der Waals surface area contributed by atoms with E-state index in [1.165, 1.54) is 22.7 Å². The number of aromatic nitrogens is 5. The van der Waals surface area contributed by atoms with Crippen LogP contribution in [0.15, 0.2) is 113 Å². The highest BCUT2D eigenvalue weighted by atomic mass is 32.1. The molecule has 2 aliphatic heterocycles. The van der Waals surface area contributed by atoms with E-state index in [4.69, 9.17) is 4.42 Å². The second-order valence-corrected chi connectivity index (χ2v) is 15.4. The van der Waals surface area contributed by atoms with Crippen molar-refractivity contribution in [1.29, 1.82) is 0 Å². The minimum Gasteiger partial charge on any atom is -0.454 e.